The van der Waals surface area contributed by atoms with Crippen LogP contribution in [0.2, 0.25) is 0 Å². The Morgan fingerprint density at radius 3 is 2.50 bits per heavy atom. The summed E-state index contributed by atoms with van der Waals surface area (Å²) >= 11 is 0. The molecule has 1 heterocycles. The normalized spacial score (nSPS) is 11.4. The summed E-state index contributed by atoms with van der Waals surface area (Å²) in [5.41, 5.74) is -0.390. The third kappa shape index (κ3) is 1.60. The number of nitrogens with one attached hydrogen (secondary N) is 1. The molecule has 0 unspecified atom stereocenters. The van der Waals surface area contributed by atoms with Crippen molar-refractivity contribution in [3.05, 3.63) is 11.8 Å². The van der Waals surface area contributed by atoms with E-state index < -0.39 is 21.0 Å². The second-order valence-electron chi connectivity index (χ2n) is 1.97. The Bertz CT molecular complexity index is 406. The fourth-order valence-electron chi connectivity index (χ4n) is 0.559. The SMILES string of the molecule is NS(=O)(=O)c1cc(C(=O)O)n[nH]1. The molecular formula is C4H5N3O4S. The molecule has 1 rings (SSSR count). The van der Waals surface area contributed by atoms with Crippen molar-refractivity contribution in [2.75, 3.05) is 0 Å². The van der Waals surface area contributed by atoms with E-state index in [4.69, 9.17) is 5.11 Å². The van der Waals surface area contributed by atoms with Gasteiger partial charge in [0, 0.05) is 6.07 Å². The topological polar surface area (TPSA) is 126 Å². The molecule has 1 aromatic heterocycles. The van der Waals surface area contributed by atoms with Gasteiger partial charge in [0.25, 0.3) is 10.0 Å². The highest BCUT2D eigenvalue weighted by Gasteiger charge is 2.14. The Hall–Kier alpha value is -1.41. The zero-order chi connectivity index (χ0) is 9.35. The van der Waals surface area contributed by atoms with Crippen LogP contribution in [0.3, 0.4) is 0 Å². The second kappa shape index (κ2) is 2.57. The summed E-state index contributed by atoms with van der Waals surface area (Å²) in [6.07, 6.45) is 0. The monoisotopic (exact) mass is 191 g/mol. The fraction of sp³-hybridized carbons (Fsp3) is 0. The number of H-pyrrole nitrogens is 1. The van der Waals surface area contributed by atoms with Gasteiger partial charge in [-0.1, -0.05) is 0 Å². The Morgan fingerprint density at radius 1 is 1.67 bits per heavy atom. The average molecular weight is 191 g/mol. The number of hydrogen-bond donors (Lipinski definition) is 3. The number of carbonyl (C=O) groups is 1. The van der Waals surface area contributed by atoms with E-state index in [2.05, 4.69) is 10.2 Å². The van der Waals surface area contributed by atoms with Gasteiger partial charge in [0.15, 0.2) is 10.7 Å². The lowest BCUT2D eigenvalue weighted by molar-refractivity contribution is 0.0690. The number of primary sulfonamides is 1. The molecule has 0 saturated carbocycles. The van der Waals surface area contributed by atoms with E-state index in [1.54, 1.807) is 0 Å². The molecule has 4 N–H and O–H groups in total. The molecule has 0 spiro atoms. The highest BCUT2D eigenvalue weighted by Crippen LogP contribution is 2.03. The van der Waals surface area contributed by atoms with Gasteiger partial charge in [-0.05, 0) is 0 Å². The molecule has 1 aromatic rings. The largest absolute Gasteiger partial charge is 0.476 e. The fourth-order valence-corrected chi connectivity index (χ4v) is 1.01. The molecule has 0 radical (unpaired) electrons. The van der Waals surface area contributed by atoms with Crippen molar-refractivity contribution in [3.63, 3.8) is 0 Å². The number of sulfonamides is 1. The Kier molecular flexibility index (Phi) is 1.86. The average Bonchev–Trinajstić information content (AvgIpc) is 2.30. The number of rotatable bonds is 2. The van der Waals surface area contributed by atoms with Crippen molar-refractivity contribution in [3.8, 4) is 0 Å². The molecule has 0 aromatic carbocycles. The van der Waals surface area contributed by atoms with Crippen LogP contribution in [0.5, 0.6) is 0 Å². The van der Waals surface area contributed by atoms with Gasteiger partial charge in [-0.2, -0.15) is 5.10 Å². The van der Waals surface area contributed by atoms with Gasteiger partial charge in [0.05, 0.1) is 0 Å². The summed E-state index contributed by atoms with van der Waals surface area (Å²) in [6, 6.07) is 0.845. The van der Waals surface area contributed by atoms with Crippen LogP contribution < -0.4 is 5.14 Å². The first-order valence-corrected chi connectivity index (χ1v) is 4.27. The maximum atomic E-state index is 10.6. The summed E-state index contributed by atoms with van der Waals surface area (Å²) in [5, 5.41) is 17.8. The highest BCUT2D eigenvalue weighted by atomic mass is 32.2. The van der Waals surface area contributed by atoms with Crippen LogP contribution in [0.1, 0.15) is 10.5 Å². The molecule has 0 atom stereocenters. The number of hydrogen-bond acceptors (Lipinski definition) is 4. The molecule has 0 bridgehead atoms. The first kappa shape index (κ1) is 8.68. The van der Waals surface area contributed by atoms with Gasteiger partial charge in [-0.15, -0.1) is 0 Å². The van der Waals surface area contributed by atoms with Crippen molar-refractivity contribution in [2.24, 2.45) is 5.14 Å². The maximum absolute atomic E-state index is 10.6. The van der Waals surface area contributed by atoms with Crippen LogP contribution in [0, 0.1) is 0 Å². The van der Waals surface area contributed by atoms with E-state index in [9.17, 15) is 13.2 Å². The van der Waals surface area contributed by atoms with E-state index in [0.29, 0.717) is 0 Å². The molecular weight excluding hydrogens is 186 g/mol. The van der Waals surface area contributed by atoms with Crippen LogP contribution in [0.15, 0.2) is 11.1 Å². The molecule has 0 aliphatic rings. The van der Waals surface area contributed by atoms with Crippen molar-refractivity contribution in [1.82, 2.24) is 10.2 Å². The summed E-state index contributed by atoms with van der Waals surface area (Å²) in [6.45, 7) is 0. The molecule has 8 heteroatoms. The number of aromatic carboxylic acids is 1. The predicted molar refractivity (Wildman–Crippen MR) is 36.9 cm³/mol. The third-order valence-electron chi connectivity index (χ3n) is 1.08. The minimum atomic E-state index is -3.90. The number of aromatic nitrogens is 2. The lowest BCUT2D eigenvalue weighted by atomic mass is 10.4. The molecule has 0 aliphatic heterocycles. The minimum Gasteiger partial charge on any atom is -0.476 e. The van der Waals surface area contributed by atoms with Crippen LogP contribution >= 0.6 is 0 Å². The molecule has 0 saturated heterocycles. The van der Waals surface area contributed by atoms with Crippen molar-refractivity contribution in [1.29, 1.82) is 0 Å². The van der Waals surface area contributed by atoms with E-state index in [1.807, 2.05) is 5.10 Å². The lowest BCUT2D eigenvalue weighted by Crippen LogP contribution is -2.12. The standard InChI is InChI=1S/C4H5N3O4S/c5-12(10,11)3-1-2(4(8)9)6-7-3/h1H,(H,6,7)(H,8,9)(H2,5,10,11). The number of carboxylic acids is 1. The van der Waals surface area contributed by atoms with E-state index >= 15 is 0 Å². The van der Waals surface area contributed by atoms with Crippen molar-refractivity contribution < 1.29 is 18.3 Å². The smallest absolute Gasteiger partial charge is 0.356 e. The Balaban J connectivity index is 3.17. The first-order chi connectivity index (χ1) is 5.41. The first-order valence-electron chi connectivity index (χ1n) is 2.73. The molecule has 7 nitrogen and oxygen atoms in total. The van der Waals surface area contributed by atoms with Crippen molar-refractivity contribution in [2.45, 2.75) is 5.03 Å². The maximum Gasteiger partial charge on any atom is 0.356 e. The van der Waals surface area contributed by atoms with Crippen LogP contribution in [-0.2, 0) is 10.0 Å². The van der Waals surface area contributed by atoms with Gasteiger partial charge >= 0.3 is 5.97 Å². The Morgan fingerprint density at radius 2 is 2.25 bits per heavy atom. The summed E-state index contributed by atoms with van der Waals surface area (Å²) < 4.78 is 21.2. The quantitative estimate of drug-likeness (QED) is 0.538. The number of carboxylic acid groups (broad SMARTS) is 1. The summed E-state index contributed by atoms with van der Waals surface area (Å²) in [7, 11) is -3.90. The minimum absolute atomic E-state index is 0.390. The third-order valence-corrected chi connectivity index (χ3v) is 1.90. The number of aromatic amines is 1. The van der Waals surface area contributed by atoms with Gasteiger partial charge in [-0.3, -0.25) is 5.10 Å². The van der Waals surface area contributed by atoms with Gasteiger partial charge in [0.2, 0.25) is 0 Å². The van der Waals surface area contributed by atoms with Gasteiger partial charge in [-0.25, -0.2) is 18.4 Å². The molecule has 0 aliphatic carbocycles. The predicted octanol–water partition coefficient (Wildman–Crippen LogP) is -1.24. The summed E-state index contributed by atoms with van der Waals surface area (Å²) in [5.74, 6) is -1.32. The second-order valence-corrected chi connectivity index (χ2v) is 3.50. The highest BCUT2D eigenvalue weighted by molar-refractivity contribution is 7.89. The van der Waals surface area contributed by atoms with Crippen LogP contribution in [0.25, 0.3) is 0 Å². The van der Waals surface area contributed by atoms with Crippen molar-refractivity contribution >= 4 is 16.0 Å². The molecule has 0 fully saturated rings. The van der Waals surface area contributed by atoms with E-state index in [1.165, 1.54) is 0 Å². The zero-order valence-electron chi connectivity index (χ0n) is 5.68. The van der Waals surface area contributed by atoms with Crippen LogP contribution in [0.4, 0.5) is 0 Å². The van der Waals surface area contributed by atoms with Gasteiger partial charge < -0.3 is 5.11 Å². The molecule has 0 amide bonds. The van der Waals surface area contributed by atoms with Crippen LogP contribution in [-0.4, -0.2) is 29.7 Å². The van der Waals surface area contributed by atoms with E-state index in [0.717, 1.165) is 6.07 Å². The zero-order valence-corrected chi connectivity index (χ0v) is 6.50. The summed E-state index contributed by atoms with van der Waals surface area (Å²) in [4.78, 5) is 10.2. The Labute approximate surface area is 67.3 Å². The number of nitrogens with zero attached hydrogens (tertiary/aromatic N) is 1. The number of nitrogens with two attached hydrogens (primary N) is 1. The molecule has 66 valence electrons. The lowest BCUT2D eigenvalue weighted by Gasteiger charge is -1.86. The van der Waals surface area contributed by atoms with Gasteiger partial charge in [0.1, 0.15) is 0 Å². The molecule has 12 heavy (non-hydrogen) atoms. The van der Waals surface area contributed by atoms with E-state index in [-0.39, 0.29) is 5.69 Å².